The predicted molar refractivity (Wildman–Crippen MR) is 56.6 cm³/mol. The highest BCUT2D eigenvalue weighted by Crippen LogP contribution is 2.32. The van der Waals surface area contributed by atoms with Gasteiger partial charge >= 0.3 is 5.69 Å². The van der Waals surface area contributed by atoms with Crippen LogP contribution < -0.4 is 11.2 Å². The lowest BCUT2D eigenvalue weighted by Gasteiger charge is -2.16. The zero-order valence-electron chi connectivity index (χ0n) is 8.55. The number of hydrogen-bond acceptors (Lipinski definition) is 4. The minimum absolute atomic E-state index is 0.111. The zero-order chi connectivity index (χ0) is 12.6. The summed E-state index contributed by atoms with van der Waals surface area (Å²) < 4.78 is 19.6. The summed E-state index contributed by atoms with van der Waals surface area (Å²) in [4.78, 5) is 24.3. The van der Waals surface area contributed by atoms with Crippen LogP contribution in [0.1, 0.15) is 12.6 Å². The molecular weight excluding hydrogens is 255 g/mol. The minimum Gasteiger partial charge on any atom is -0.375 e. The van der Waals surface area contributed by atoms with Crippen molar-refractivity contribution in [3.05, 3.63) is 33.1 Å². The third-order valence-corrected chi connectivity index (χ3v) is 2.78. The molecule has 6 nitrogen and oxygen atoms in total. The van der Waals surface area contributed by atoms with E-state index in [-0.39, 0.29) is 6.42 Å². The second-order valence-corrected chi connectivity index (χ2v) is 4.14. The van der Waals surface area contributed by atoms with Crippen molar-refractivity contribution in [2.45, 2.75) is 30.5 Å². The molecule has 2 N–H and O–H groups in total. The minimum atomic E-state index is -1.48. The first-order chi connectivity index (χ1) is 7.99. The summed E-state index contributed by atoms with van der Waals surface area (Å²) in [5.41, 5.74) is -2.72. The van der Waals surface area contributed by atoms with Gasteiger partial charge in [0.05, 0.1) is 0 Å². The highest BCUT2D eigenvalue weighted by molar-refractivity contribution is 6.19. The van der Waals surface area contributed by atoms with Gasteiger partial charge in [0.25, 0.3) is 5.56 Å². The molecule has 94 valence electrons. The van der Waals surface area contributed by atoms with Crippen molar-refractivity contribution in [2.24, 2.45) is 0 Å². The first-order valence-corrected chi connectivity index (χ1v) is 5.36. The van der Waals surface area contributed by atoms with E-state index in [1.807, 2.05) is 4.98 Å². The maximum absolute atomic E-state index is 13.4. The molecular formula is C9H10ClFN2O4. The van der Waals surface area contributed by atoms with E-state index in [0.717, 1.165) is 10.6 Å². The molecule has 1 aromatic heterocycles. The lowest BCUT2D eigenvalue weighted by molar-refractivity contribution is -0.0481. The second kappa shape index (κ2) is 4.59. The number of halogens is 2. The van der Waals surface area contributed by atoms with Crippen LogP contribution in [0, 0.1) is 0 Å². The van der Waals surface area contributed by atoms with E-state index in [0.29, 0.717) is 0 Å². The molecule has 2 rings (SSSR count). The fourth-order valence-corrected chi connectivity index (χ4v) is 1.94. The Morgan fingerprint density at radius 2 is 2.35 bits per heavy atom. The highest BCUT2D eigenvalue weighted by Gasteiger charge is 2.40. The molecule has 0 aromatic carbocycles. The summed E-state index contributed by atoms with van der Waals surface area (Å²) in [6, 6.07) is 1.13. The number of aliphatic hydroxyl groups excluding tert-OH is 1. The van der Waals surface area contributed by atoms with Gasteiger partial charge in [-0.15, -0.1) is 0 Å². The first kappa shape index (κ1) is 12.3. The molecule has 2 heterocycles. The number of aromatic amines is 1. The topological polar surface area (TPSA) is 84.3 Å². The zero-order valence-corrected chi connectivity index (χ0v) is 9.30. The van der Waals surface area contributed by atoms with Crippen LogP contribution in [0.2, 0.25) is 0 Å². The van der Waals surface area contributed by atoms with Crippen molar-refractivity contribution < 1.29 is 14.2 Å². The third kappa shape index (κ3) is 2.41. The van der Waals surface area contributed by atoms with Crippen LogP contribution in [0.5, 0.6) is 0 Å². The van der Waals surface area contributed by atoms with Gasteiger partial charge in [0, 0.05) is 18.7 Å². The van der Waals surface area contributed by atoms with Crippen molar-refractivity contribution >= 4 is 11.6 Å². The molecule has 0 radical (unpaired) electrons. The molecule has 17 heavy (non-hydrogen) atoms. The fraction of sp³-hybridized carbons (Fsp3) is 0.556. The number of H-pyrrole nitrogens is 1. The van der Waals surface area contributed by atoms with Crippen LogP contribution >= 0.6 is 11.6 Å². The molecule has 4 atom stereocenters. The van der Waals surface area contributed by atoms with Gasteiger partial charge in [-0.25, -0.2) is 9.18 Å². The normalized spacial score (nSPS) is 30.4. The number of nitrogens with one attached hydrogen (secondary N) is 1. The number of aromatic nitrogens is 2. The number of nitrogens with zero attached hydrogens (tertiary/aromatic N) is 1. The van der Waals surface area contributed by atoms with Gasteiger partial charge in [0.1, 0.15) is 18.5 Å². The predicted octanol–water partition coefficient (Wildman–Crippen LogP) is -0.281. The molecule has 1 aliphatic heterocycles. The largest absolute Gasteiger partial charge is 0.375 e. The Kier molecular flexibility index (Phi) is 3.32. The smallest absolute Gasteiger partial charge is 0.330 e. The van der Waals surface area contributed by atoms with E-state index in [2.05, 4.69) is 0 Å². The average Bonchev–Trinajstić information content (AvgIpc) is 2.60. The average molecular weight is 265 g/mol. The van der Waals surface area contributed by atoms with Crippen LogP contribution in [0.3, 0.4) is 0 Å². The Morgan fingerprint density at radius 3 is 2.88 bits per heavy atom. The van der Waals surface area contributed by atoms with Gasteiger partial charge in [-0.05, 0) is 0 Å². The fourth-order valence-electron chi connectivity index (χ4n) is 1.72. The SMILES string of the molecule is O=c1ccn([C@H]2CC(F)[C@@H](C(O)Cl)O2)c(=O)[nH]1. The molecule has 8 heteroatoms. The molecule has 1 aliphatic rings. The maximum atomic E-state index is 13.4. The molecule has 2 unspecified atom stereocenters. The van der Waals surface area contributed by atoms with E-state index in [1.165, 1.54) is 6.20 Å². The molecule has 1 fully saturated rings. The van der Waals surface area contributed by atoms with Gasteiger partial charge in [-0.3, -0.25) is 14.3 Å². The summed E-state index contributed by atoms with van der Waals surface area (Å²) >= 11 is 5.34. The Hall–Kier alpha value is -1.18. The van der Waals surface area contributed by atoms with Crippen LogP contribution in [0.25, 0.3) is 0 Å². The summed E-state index contributed by atoms with van der Waals surface area (Å²) in [6.45, 7) is 0. The summed E-state index contributed by atoms with van der Waals surface area (Å²) in [5, 5.41) is 9.06. The highest BCUT2D eigenvalue weighted by atomic mass is 35.5. The Morgan fingerprint density at radius 1 is 1.65 bits per heavy atom. The molecule has 1 saturated heterocycles. The Bertz CT molecular complexity index is 514. The van der Waals surface area contributed by atoms with E-state index in [1.54, 1.807) is 0 Å². The summed E-state index contributed by atoms with van der Waals surface area (Å²) in [5.74, 6) is 0. The van der Waals surface area contributed by atoms with Crippen molar-refractivity contribution in [1.82, 2.24) is 9.55 Å². The summed E-state index contributed by atoms with van der Waals surface area (Å²) in [6.07, 6.45) is -2.43. The third-order valence-electron chi connectivity index (χ3n) is 2.53. The molecule has 0 aliphatic carbocycles. The lowest BCUT2D eigenvalue weighted by atomic mass is 10.2. The number of ether oxygens (including phenoxy) is 1. The monoisotopic (exact) mass is 264 g/mol. The Labute approximate surface area is 99.6 Å². The van der Waals surface area contributed by atoms with Gasteiger partial charge in [0.15, 0.2) is 5.56 Å². The van der Waals surface area contributed by atoms with Crippen LogP contribution in [-0.4, -0.2) is 32.5 Å². The van der Waals surface area contributed by atoms with E-state index >= 15 is 0 Å². The molecule has 0 bridgehead atoms. The number of rotatable bonds is 2. The standard InChI is InChI=1S/C9H10ClFN2O4/c10-8(15)7-4(11)3-6(17-7)13-2-1-5(14)12-9(13)16/h1-2,4,6-8,15H,3H2,(H,12,14,16)/t4?,6-,7+,8?/m1/s1. The van der Waals surface area contributed by atoms with Crippen LogP contribution in [0.4, 0.5) is 4.39 Å². The van der Waals surface area contributed by atoms with Crippen LogP contribution in [0.15, 0.2) is 21.9 Å². The van der Waals surface area contributed by atoms with Gasteiger partial charge in [-0.2, -0.15) is 0 Å². The van der Waals surface area contributed by atoms with Crippen LogP contribution in [-0.2, 0) is 4.74 Å². The number of alkyl halides is 2. The van der Waals surface area contributed by atoms with E-state index in [4.69, 9.17) is 21.4 Å². The lowest BCUT2D eigenvalue weighted by Crippen LogP contribution is -2.32. The maximum Gasteiger partial charge on any atom is 0.330 e. The van der Waals surface area contributed by atoms with Crippen molar-refractivity contribution in [3.8, 4) is 0 Å². The van der Waals surface area contributed by atoms with Gasteiger partial charge in [-0.1, -0.05) is 11.6 Å². The summed E-state index contributed by atoms with van der Waals surface area (Å²) in [7, 11) is 0. The Balaban J connectivity index is 2.26. The van der Waals surface area contributed by atoms with Crippen molar-refractivity contribution in [2.75, 3.05) is 0 Å². The molecule has 0 amide bonds. The molecule has 0 saturated carbocycles. The first-order valence-electron chi connectivity index (χ1n) is 4.92. The van der Waals surface area contributed by atoms with E-state index in [9.17, 15) is 14.0 Å². The molecule has 0 spiro atoms. The van der Waals surface area contributed by atoms with Crippen molar-refractivity contribution in [1.29, 1.82) is 0 Å². The quantitative estimate of drug-likeness (QED) is 0.720. The number of aliphatic hydroxyl groups is 1. The second-order valence-electron chi connectivity index (χ2n) is 3.70. The van der Waals surface area contributed by atoms with Gasteiger partial charge in [0.2, 0.25) is 0 Å². The molecule has 1 aromatic rings. The van der Waals surface area contributed by atoms with Crippen molar-refractivity contribution in [3.63, 3.8) is 0 Å². The number of hydrogen-bond donors (Lipinski definition) is 2. The van der Waals surface area contributed by atoms with E-state index < -0.39 is 35.3 Å². The van der Waals surface area contributed by atoms with Gasteiger partial charge < -0.3 is 9.84 Å².